The predicted octanol–water partition coefficient (Wildman–Crippen LogP) is 3.99. The van der Waals surface area contributed by atoms with Crippen LogP contribution in [0.25, 0.3) is 10.9 Å². The highest BCUT2D eigenvalue weighted by Gasteiger charge is 2.21. The molecule has 7 nitrogen and oxygen atoms in total. The van der Waals surface area contributed by atoms with Crippen LogP contribution < -0.4 is 16.1 Å². The van der Waals surface area contributed by atoms with Gasteiger partial charge in [0.2, 0.25) is 0 Å². The fourth-order valence-corrected chi connectivity index (χ4v) is 3.35. The summed E-state index contributed by atoms with van der Waals surface area (Å²) in [5, 5.41) is 6.41. The molecular formula is C21H18BrClN4O3. The Balaban J connectivity index is 1.98. The second-order valence-corrected chi connectivity index (χ2v) is 7.70. The first-order valence-corrected chi connectivity index (χ1v) is 10.1. The molecule has 0 atom stereocenters. The van der Waals surface area contributed by atoms with Crippen LogP contribution in [0.5, 0.6) is 0 Å². The van der Waals surface area contributed by atoms with Crippen LogP contribution in [0.15, 0.2) is 59.6 Å². The van der Waals surface area contributed by atoms with E-state index in [1.807, 2.05) is 0 Å². The van der Waals surface area contributed by atoms with Gasteiger partial charge >= 0.3 is 11.8 Å². The monoisotopic (exact) mass is 488 g/mol. The Bertz CT molecular complexity index is 1170. The molecule has 0 saturated heterocycles. The lowest BCUT2D eigenvalue weighted by atomic mass is 10.2. The number of amides is 3. The van der Waals surface area contributed by atoms with Gasteiger partial charge < -0.3 is 10.6 Å². The van der Waals surface area contributed by atoms with Gasteiger partial charge in [-0.05, 0) is 48.9 Å². The lowest BCUT2D eigenvalue weighted by Gasteiger charge is -2.13. The minimum absolute atomic E-state index is 0.146. The Morgan fingerprint density at radius 3 is 2.67 bits per heavy atom. The molecule has 0 spiro atoms. The molecule has 0 fully saturated rings. The molecule has 154 valence electrons. The van der Waals surface area contributed by atoms with Crippen LogP contribution in [-0.4, -0.2) is 28.9 Å². The highest BCUT2D eigenvalue weighted by atomic mass is 79.9. The van der Waals surface area contributed by atoms with Crippen LogP contribution in [0, 0.1) is 6.92 Å². The zero-order chi connectivity index (χ0) is 21.8. The molecule has 30 heavy (non-hydrogen) atoms. The van der Waals surface area contributed by atoms with Crippen molar-refractivity contribution in [1.29, 1.82) is 0 Å². The van der Waals surface area contributed by atoms with Crippen LogP contribution >= 0.6 is 27.5 Å². The number of carbonyl (C=O) groups is 3. The van der Waals surface area contributed by atoms with Crippen molar-refractivity contribution >= 4 is 61.8 Å². The Morgan fingerprint density at radius 2 is 1.93 bits per heavy atom. The summed E-state index contributed by atoms with van der Waals surface area (Å²) in [6.07, 6.45) is 1.46. The third-order valence-corrected chi connectivity index (χ3v) is 5.24. The second-order valence-electron chi connectivity index (χ2n) is 6.37. The highest BCUT2D eigenvalue weighted by Crippen LogP contribution is 2.26. The standard InChI is InChI=1S/C21H18BrClN4O3/c1-3-9-24-20(29)21(30)26-27-17-8-7-14(22)10-13(17)11-18(27)19(28)25-16-6-4-5-15(23)12(16)2/h3-8,10-11H,1,9H2,2H3,(H,24,29)(H,25,28)(H,26,30). The molecule has 3 N–H and O–H groups in total. The molecule has 0 aliphatic carbocycles. The third-order valence-electron chi connectivity index (χ3n) is 4.34. The van der Waals surface area contributed by atoms with E-state index in [4.69, 9.17) is 11.6 Å². The fraction of sp³-hybridized carbons (Fsp3) is 0.0952. The maximum atomic E-state index is 13.0. The summed E-state index contributed by atoms with van der Waals surface area (Å²) in [5.74, 6) is -2.23. The Hall–Kier alpha value is -3.10. The quantitative estimate of drug-likeness (QED) is 0.374. The molecule has 0 aliphatic heterocycles. The van der Waals surface area contributed by atoms with Gasteiger partial charge in [0.05, 0.1) is 5.52 Å². The number of rotatable bonds is 5. The molecule has 3 rings (SSSR count). The summed E-state index contributed by atoms with van der Waals surface area (Å²) in [6.45, 7) is 5.42. The second kappa shape index (κ2) is 9.15. The molecule has 2 aromatic carbocycles. The van der Waals surface area contributed by atoms with Gasteiger partial charge in [-0.3, -0.25) is 19.8 Å². The molecule has 1 aromatic heterocycles. The van der Waals surface area contributed by atoms with E-state index in [2.05, 4.69) is 38.6 Å². The van der Waals surface area contributed by atoms with Crippen molar-refractivity contribution < 1.29 is 14.4 Å². The smallest absolute Gasteiger partial charge is 0.328 e. The Morgan fingerprint density at radius 1 is 1.17 bits per heavy atom. The average molecular weight is 490 g/mol. The molecule has 1 heterocycles. The Kier molecular flexibility index (Phi) is 6.59. The number of nitrogens with zero attached hydrogens (tertiary/aromatic N) is 1. The fourth-order valence-electron chi connectivity index (χ4n) is 2.80. The lowest BCUT2D eigenvalue weighted by Crippen LogP contribution is -2.39. The van der Waals surface area contributed by atoms with Gasteiger partial charge in [0.15, 0.2) is 0 Å². The van der Waals surface area contributed by atoms with Gasteiger partial charge in [-0.1, -0.05) is 39.7 Å². The first-order chi connectivity index (χ1) is 14.3. The molecule has 0 bridgehead atoms. The van der Waals surface area contributed by atoms with Gasteiger partial charge in [0.25, 0.3) is 5.91 Å². The molecule has 3 aromatic rings. The minimum Gasteiger partial charge on any atom is -0.344 e. The van der Waals surface area contributed by atoms with Gasteiger partial charge in [0, 0.05) is 27.1 Å². The maximum absolute atomic E-state index is 13.0. The van der Waals surface area contributed by atoms with E-state index in [0.717, 1.165) is 4.47 Å². The summed E-state index contributed by atoms with van der Waals surface area (Å²) >= 11 is 9.52. The number of fused-ring (bicyclic) bond motifs is 1. The zero-order valence-corrected chi connectivity index (χ0v) is 18.3. The summed E-state index contributed by atoms with van der Waals surface area (Å²) in [6, 6.07) is 12.1. The van der Waals surface area contributed by atoms with Crippen molar-refractivity contribution in [3.63, 3.8) is 0 Å². The molecular weight excluding hydrogens is 472 g/mol. The molecule has 0 unspecified atom stereocenters. The van der Waals surface area contributed by atoms with Crippen molar-refractivity contribution in [2.75, 3.05) is 17.3 Å². The van der Waals surface area contributed by atoms with E-state index in [-0.39, 0.29) is 12.2 Å². The van der Waals surface area contributed by atoms with Gasteiger partial charge in [-0.25, -0.2) is 4.68 Å². The number of benzene rings is 2. The number of anilines is 1. The van der Waals surface area contributed by atoms with E-state index in [1.165, 1.54) is 10.8 Å². The number of hydrogen-bond donors (Lipinski definition) is 3. The minimum atomic E-state index is -0.912. The van der Waals surface area contributed by atoms with Crippen molar-refractivity contribution in [2.45, 2.75) is 6.92 Å². The van der Waals surface area contributed by atoms with Crippen LogP contribution in [0.2, 0.25) is 5.02 Å². The summed E-state index contributed by atoms with van der Waals surface area (Å²) in [5.41, 5.74) is 4.44. The summed E-state index contributed by atoms with van der Waals surface area (Å²) in [4.78, 5) is 37.3. The zero-order valence-electron chi connectivity index (χ0n) is 16.0. The van der Waals surface area contributed by atoms with E-state index in [0.29, 0.717) is 27.2 Å². The molecule has 3 amide bonds. The number of halogens is 2. The normalized spacial score (nSPS) is 10.5. The number of carbonyl (C=O) groups excluding carboxylic acids is 3. The summed E-state index contributed by atoms with van der Waals surface area (Å²) < 4.78 is 2.09. The number of nitrogens with one attached hydrogen (secondary N) is 3. The van der Waals surface area contributed by atoms with E-state index < -0.39 is 17.7 Å². The Labute approximate surface area is 186 Å². The predicted molar refractivity (Wildman–Crippen MR) is 121 cm³/mol. The molecule has 9 heteroatoms. The topological polar surface area (TPSA) is 92.2 Å². The highest BCUT2D eigenvalue weighted by molar-refractivity contribution is 9.10. The van der Waals surface area contributed by atoms with E-state index in [1.54, 1.807) is 49.4 Å². The molecule has 0 saturated carbocycles. The first kappa shape index (κ1) is 21.6. The van der Waals surface area contributed by atoms with Crippen molar-refractivity contribution in [3.05, 3.63) is 75.9 Å². The van der Waals surface area contributed by atoms with Crippen molar-refractivity contribution in [2.24, 2.45) is 0 Å². The van der Waals surface area contributed by atoms with Crippen molar-refractivity contribution in [1.82, 2.24) is 9.99 Å². The molecule has 0 aliphatic rings. The van der Waals surface area contributed by atoms with Gasteiger partial charge in [0.1, 0.15) is 5.69 Å². The van der Waals surface area contributed by atoms with Gasteiger partial charge in [-0.2, -0.15) is 0 Å². The molecule has 0 radical (unpaired) electrons. The number of hydrogen-bond acceptors (Lipinski definition) is 3. The van der Waals surface area contributed by atoms with Crippen LogP contribution in [0.3, 0.4) is 0 Å². The van der Waals surface area contributed by atoms with Crippen LogP contribution in [0.4, 0.5) is 5.69 Å². The lowest BCUT2D eigenvalue weighted by molar-refractivity contribution is -0.136. The van der Waals surface area contributed by atoms with E-state index in [9.17, 15) is 14.4 Å². The maximum Gasteiger partial charge on any atom is 0.328 e. The van der Waals surface area contributed by atoms with Crippen LogP contribution in [0.1, 0.15) is 16.1 Å². The average Bonchev–Trinajstić information content (AvgIpc) is 3.06. The first-order valence-electron chi connectivity index (χ1n) is 8.89. The SMILES string of the molecule is C=CCNC(=O)C(=O)Nn1c(C(=O)Nc2cccc(Cl)c2C)cc2cc(Br)ccc21. The number of aromatic nitrogens is 1. The summed E-state index contributed by atoms with van der Waals surface area (Å²) in [7, 11) is 0. The largest absolute Gasteiger partial charge is 0.344 e. The third kappa shape index (κ3) is 4.55. The van der Waals surface area contributed by atoms with Crippen LogP contribution in [-0.2, 0) is 9.59 Å². The van der Waals surface area contributed by atoms with Crippen molar-refractivity contribution in [3.8, 4) is 0 Å². The van der Waals surface area contributed by atoms with Gasteiger partial charge in [-0.15, -0.1) is 6.58 Å². The van der Waals surface area contributed by atoms with E-state index >= 15 is 0 Å².